The van der Waals surface area contributed by atoms with Gasteiger partial charge in [-0.15, -0.1) is 0 Å². The van der Waals surface area contributed by atoms with E-state index in [9.17, 15) is 5.26 Å². The van der Waals surface area contributed by atoms with Crippen LogP contribution in [0.5, 0.6) is 5.88 Å². The molecule has 0 bridgehead atoms. The second-order valence-corrected chi connectivity index (χ2v) is 5.62. The Morgan fingerprint density at radius 3 is 2.86 bits per heavy atom. The fourth-order valence-corrected chi connectivity index (χ4v) is 2.32. The van der Waals surface area contributed by atoms with Crippen LogP contribution in [-0.2, 0) is 6.54 Å². The number of nitriles is 1. The van der Waals surface area contributed by atoms with Gasteiger partial charge in [0.2, 0.25) is 5.88 Å². The Kier molecular flexibility index (Phi) is 5.18. The molecule has 0 radical (unpaired) electrons. The zero-order chi connectivity index (χ0) is 15.2. The van der Waals surface area contributed by atoms with Gasteiger partial charge in [-0.2, -0.15) is 5.26 Å². The Morgan fingerprint density at radius 1 is 1.33 bits per heavy atom. The van der Waals surface area contributed by atoms with Crippen molar-refractivity contribution in [2.45, 2.75) is 26.5 Å². The van der Waals surface area contributed by atoms with Crippen molar-refractivity contribution in [2.75, 3.05) is 5.32 Å². The van der Waals surface area contributed by atoms with Gasteiger partial charge in [0.1, 0.15) is 6.07 Å². The van der Waals surface area contributed by atoms with Gasteiger partial charge >= 0.3 is 0 Å². The molecule has 0 unspecified atom stereocenters. The van der Waals surface area contributed by atoms with Gasteiger partial charge in [-0.1, -0.05) is 12.1 Å². The van der Waals surface area contributed by atoms with E-state index in [0.717, 1.165) is 15.7 Å². The Balaban J connectivity index is 2.18. The lowest BCUT2D eigenvalue weighted by molar-refractivity contribution is 0.230. The van der Waals surface area contributed by atoms with E-state index in [-0.39, 0.29) is 6.10 Å². The van der Waals surface area contributed by atoms with E-state index in [4.69, 9.17) is 4.74 Å². The van der Waals surface area contributed by atoms with Crippen LogP contribution < -0.4 is 10.1 Å². The maximum absolute atomic E-state index is 9.21. The van der Waals surface area contributed by atoms with Crippen LogP contribution in [-0.4, -0.2) is 11.1 Å². The maximum Gasteiger partial charge on any atom is 0.218 e. The summed E-state index contributed by atoms with van der Waals surface area (Å²) in [5.41, 5.74) is 2.33. The summed E-state index contributed by atoms with van der Waals surface area (Å²) in [5, 5.41) is 12.5. The van der Waals surface area contributed by atoms with Gasteiger partial charge < -0.3 is 10.1 Å². The molecule has 5 heteroatoms. The number of aromatic nitrogens is 1. The third-order valence-electron chi connectivity index (χ3n) is 2.79. The van der Waals surface area contributed by atoms with Crippen molar-refractivity contribution in [3.05, 3.63) is 52.1 Å². The zero-order valence-corrected chi connectivity index (χ0v) is 13.5. The van der Waals surface area contributed by atoms with E-state index >= 15 is 0 Å². The first-order valence-corrected chi connectivity index (χ1v) is 7.44. The first-order valence-electron chi connectivity index (χ1n) is 6.65. The number of nitrogens with one attached hydrogen (secondary N) is 1. The van der Waals surface area contributed by atoms with Crippen molar-refractivity contribution >= 4 is 21.6 Å². The van der Waals surface area contributed by atoms with Crippen molar-refractivity contribution in [1.82, 2.24) is 4.98 Å². The number of benzene rings is 1. The topological polar surface area (TPSA) is 57.9 Å². The van der Waals surface area contributed by atoms with Gasteiger partial charge in [-0.05, 0) is 48.0 Å². The van der Waals surface area contributed by atoms with Crippen LogP contribution >= 0.6 is 15.9 Å². The van der Waals surface area contributed by atoms with Gasteiger partial charge in [0, 0.05) is 22.8 Å². The molecular weight excluding hydrogens is 330 g/mol. The molecule has 0 saturated heterocycles. The lowest BCUT2D eigenvalue weighted by Crippen LogP contribution is -2.11. The van der Waals surface area contributed by atoms with Crippen LogP contribution in [0.2, 0.25) is 0 Å². The number of nitrogens with zero attached hydrogens (tertiary/aromatic N) is 2. The maximum atomic E-state index is 9.21. The van der Waals surface area contributed by atoms with Crippen LogP contribution in [0.1, 0.15) is 25.0 Å². The molecule has 1 N–H and O–H groups in total. The summed E-state index contributed by atoms with van der Waals surface area (Å²) in [6.45, 7) is 4.48. The van der Waals surface area contributed by atoms with Crippen molar-refractivity contribution in [3.8, 4) is 11.9 Å². The minimum absolute atomic E-state index is 0.0687. The number of hydrogen-bond donors (Lipinski definition) is 1. The average Bonchev–Trinajstić information content (AvgIpc) is 2.46. The molecule has 0 spiro atoms. The minimum Gasteiger partial charge on any atom is -0.475 e. The first kappa shape index (κ1) is 15.3. The third-order valence-corrected chi connectivity index (χ3v) is 3.45. The largest absolute Gasteiger partial charge is 0.475 e. The van der Waals surface area contributed by atoms with Crippen LogP contribution in [0, 0.1) is 11.3 Å². The molecule has 21 heavy (non-hydrogen) atoms. The normalized spacial score (nSPS) is 10.2. The molecule has 1 aromatic carbocycles. The molecular formula is C16H16BrN3O. The minimum atomic E-state index is 0.0687. The summed E-state index contributed by atoms with van der Waals surface area (Å²) in [7, 11) is 0. The SMILES string of the molecule is CC(C)Oc1ncccc1CNc1cccc(Br)c1C#N. The van der Waals surface area contributed by atoms with E-state index in [2.05, 4.69) is 32.3 Å². The van der Waals surface area contributed by atoms with E-state index in [0.29, 0.717) is 18.0 Å². The highest BCUT2D eigenvalue weighted by molar-refractivity contribution is 9.10. The molecule has 0 atom stereocenters. The Hall–Kier alpha value is -2.06. The smallest absolute Gasteiger partial charge is 0.218 e. The van der Waals surface area contributed by atoms with Crippen molar-refractivity contribution in [3.63, 3.8) is 0 Å². The Labute approximate surface area is 132 Å². The Morgan fingerprint density at radius 2 is 2.14 bits per heavy atom. The summed E-state index contributed by atoms with van der Waals surface area (Å²) < 4.78 is 6.47. The van der Waals surface area contributed by atoms with Crippen molar-refractivity contribution in [2.24, 2.45) is 0 Å². The summed E-state index contributed by atoms with van der Waals surface area (Å²) in [6, 6.07) is 11.6. The quantitative estimate of drug-likeness (QED) is 0.885. The molecule has 0 aliphatic heterocycles. The summed E-state index contributed by atoms with van der Waals surface area (Å²) in [6.07, 6.45) is 1.78. The molecule has 1 aromatic heterocycles. The molecule has 0 aliphatic carbocycles. The number of anilines is 1. The highest BCUT2D eigenvalue weighted by atomic mass is 79.9. The first-order chi connectivity index (χ1) is 10.1. The zero-order valence-electron chi connectivity index (χ0n) is 11.9. The van der Waals surface area contributed by atoms with Crippen LogP contribution in [0.4, 0.5) is 5.69 Å². The Bertz CT molecular complexity index is 665. The fourth-order valence-electron chi connectivity index (χ4n) is 1.86. The lowest BCUT2D eigenvalue weighted by atomic mass is 10.2. The lowest BCUT2D eigenvalue weighted by Gasteiger charge is -2.14. The summed E-state index contributed by atoms with van der Waals surface area (Å²) >= 11 is 3.38. The van der Waals surface area contributed by atoms with Gasteiger partial charge in [0.05, 0.1) is 17.4 Å². The van der Waals surface area contributed by atoms with E-state index < -0.39 is 0 Å². The molecule has 0 saturated carbocycles. The molecule has 2 aromatic rings. The van der Waals surface area contributed by atoms with E-state index in [1.807, 2.05) is 44.2 Å². The fraction of sp³-hybridized carbons (Fsp3) is 0.250. The van der Waals surface area contributed by atoms with Crippen LogP contribution in [0.3, 0.4) is 0 Å². The molecule has 0 fully saturated rings. The summed E-state index contributed by atoms with van der Waals surface area (Å²) in [5.74, 6) is 0.619. The standard InChI is InChI=1S/C16H16BrN3O/c1-11(2)21-16-12(5-4-8-19-16)10-20-15-7-3-6-14(17)13(15)9-18/h3-8,11,20H,10H2,1-2H3. The average molecular weight is 346 g/mol. The number of halogens is 1. The second-order valence-electron chi connectivity index (χ2n) is 4.76. The van der Waals surface area contributed by atoms with Gasteiger partial charge in [0.15, 0.2) is 0 Å². The summed E-state index contributed by atoms with van der Waals surface area (Å²) in [4.78, 5) is 4.25. The van der Waals surface area contributed by atoms with E-state index in [1.54, 1.807) is 6.20 Å². The highest BCUT2D eigenvalue weighted by Crippen LogP contribution is 2.25. The number of hydrogen-bond acceptors (Lipinski definition) is 4. The molecule has 0 amide bonds. The van der Waals surface area contributed by atoms with Crippen molar-refractivity contribution in [1.29, 1.82) is 5.26 Å². The number of pyridine rings is 1. The number of rotatable bonds is 5. The van der Waals surface area contributed by atoms with E-state index in [1.165, 1.54) is 0 Å². The van der Waals surface area contributed by atoms with Crippen LogP contribution in [0.15, 0.2) is 41.0 Å². The predicted octanol–water partition coefficient (Wildman–Crippen LogP) is 4.12. The van der Waals surface area contributed by atoms with Crippen LogP contribution in [0.25, 0.3) is 0 Å². The highest BCUT2D eigenvalue weighted by Gasteiger charge is 2.09. The van der Waals surface area contributed by atoms with Crippen molar-refractivity contribution < 1.29 is 4.74 Å². The second kappa shape index (κ2) is 7.09. The molecule has 1 heterocycles. The molecule has 0 aliphatic rings. The van der Waals surface area contributed by atoms with Gasteiger partial charge in [0.25, 0.3) is 0 Å². The molecule has 2 rings (SSSR count). The number of ether oxygens (including phenoxy) is 1. The molecule has 108 valence electrons. The van der Waals surface area contributed by atoms with Gasteiger partial charge in [-0.25, -0.2) is 4.98 Å². The third kappa shape index (κ3) is 3.96. The van der Waals surface area contributed by atoms with Gasteiger partial charge in [-0.3, -0.25) is 0 Å². The monoisotopic (exact) mass is 345 g/mol. The molecule has 4 nitrogen and oxygen atoms in total. The predicted molar refractivity (Wildman–Crippen MR) is 86.2 cm³/mol.